The predicted molar refractivity (Wildman–Crippen MR) is 81.5 cm³/mol. The Kier molecular flexibility index (Phi) is 9.91. The van der Waals surface area contributed by atoms with Crippen molar-refractivity contribution in [2.24, 2.45) is 0 Å². The number of aliphatic carboxylic acids is 2. The van der Waals surface area contributed by atoms with Crippen LogP contribution < -0.4 is 0 Å². The van der Waals surface area contributed by atoms with Gasteiger partial charge < -0.3 is 14.9 Å². The van der Waals surface area contributed by atoms with Crippen LogP contribution in [0.15, 0.2) is 12.7 Å². The predicted octanol–water partition coefficient (Wildman–Crippen LogP) is 3.15. The van der Waals surface area contributed by atoms with Gasteiger partial charge in [-0.05, 0) is 25.7 Å². The number of rotatable bonds is 13. The van der Waals surface area contributed by atoms with Gasteiger partial charge in [0.1, 0.15) is 0 Å². The van der Waals surface area contributed by atoms with E-state index in [1.807, 2.05) is 6.92 Å². The number of carboxylic acids is 2. The molecule has 0 spiro atoms. The first-order valence-corrected chi connectivity index (χ1v) is 7.68. The van der Waals surface area contributed by atoms with Gasteiger partial charge in [-0.25, -0.2) is 9.59 Å². The number of hydrogen-bond acceptors (Lipinski definition) is 4. The molecule has 2 N–H and O–H groups in total. The van der Waals surface area contributed by atoms with Gasteiger partial charge in [-0.15, -0.1) is 0 Å². The molecule has 0 radical (unpaired) electrons. The van der Waals surface area contributed by atoms with Crippen molar-refractivity contribution < 1.29 is 29.3 Å². The monoisotopic (exact) mass is 314 g/mol. The summed E-state index contributed by atoms with van der Waals surface area (Å²) in [5.41, 5.74) is -1.49. The average Bonchev–Trinajstić information content (AvgIpc) is 2.45. The number of carbonyl (C=O) groups excluding carboxylic acids is 1. The summed E-state index contributed by atoms with van der Waals surface area (Å²) in [4.78, 5) is 33.3. The van der Waals surface area contributed by atoms with Crippen molar-refractivity contribution in [3.8, 4) is 0 Å². The van der Waals surface area contributed by atoms with Crippen molar-refractivity contribution in [2.45, 2.75) is 70.3 Å². The summed E-state index contributed by atoms with van der Waals surface area (Å²) in [6.45, 7) is 5.13. The third-order valence-corrected chi connectivity index (χ3v) is 3.48. The minimum atomic E-state index is -1.49. The SMILES string of the molecule is C=CC(=O)OC(CCC)(CCCCCCCC(=O)O)C(=O)O. The number of ether oxygens (including phenoxy) is 1. The Morgan fingerprint density at radius 1 is 1.05 bits per heavy atom. The second-order valence-electron chi connectivity index (χ2n) is 5.34. The minimum absolute atomic E-state index is 0.159. The molecule has 1 unspecified atom stereocenters. The smallest absolute Gasteiger partial charge is 0.348 e. The molecule has 0 rings (SSSR count). The summed E-state index contributed by atoms with van der Waals surface area (Å²) in [5, 5.41) is 18.0. The lowest BCUT2D eigenvalue weighted by molar-refractivity contribution is -0.177. The lowest BCUT2D eigenvalue weighted by Gasteiger charge is -2.28. The van der Waals surface area contributed by atoms with Crippen LogP contribution in [0.25, 0.3) is 0 Å². The molecule has 0 saturated heterocycles. The van der Waals surface area contributed by atoms with Crippen LogP contribution in [0, 0.1) is 0 Å². The van der Waals surface area contributed by atoms with E-state index in [2.05, 4.69) is 6.58 Å². The Morgan fingerprint density at radius 3 is 2.14 bits per heavy atom. The zero-order valence-corrected chi connectivity index (χ0v) is 13.2. The van der Waals surface area contributed by atoms with E-state index in [1.165, 1.54) is 0 Å². The number of hydrogen-bond donors (Lipinski definition) is 2. The molecular weight excluding hydrogens is 288 g/mol. The fraction of sp³-hybridized carbons (Fsp3) is 0.688. The topological polar surface area (TPSA) is 101 Å². The molecule has 22 heavy (non-hydrogen) atoms. The molecular formula is C16H26O6. The lowest BCUT2D eigenvalue weighted by atomic mass is 9.90. The van der Waals surface area contributed by atoms with Crippen LogP contribution >= 0.6 is 0 Å². The van der Waals surface area contributed by atoms with Gasteiger partial charge in [0.15, 0.2) is 0 Å². The van der Waals surface area contributed by atoms with E-state index in [0.29, 0.717) is 19.3 Å². The largest absolute Gasteiger partial charge is 0.481 e. The van der Waals surface area contributed by atoms with E-state index in [4.69, 9.17) is 9.84 Å². The first-order chi connectivity index (χ1) is 10.4. The zero-order chi connectivity index (χ0) is 17.0. The Morgan fingerprint density at radius 2 is 1.64 bits per heavy atom. The second-order valence-corrected chi connectivity index (χ2v) is 5.34. The van der Waals surface area contributed by atoms with Crippen molar-refractivity contribution in [3.05, 3.63) is 12.7 Å². The molecule has 0 aliphatic heterocycles. The van der Waals surface area contributed by atoms with E-state index in [-0.39, 0.29) is 19.3 Å². The van der Waals surface area contributed by atoms with Gasteiger partial charge in [-0.2, -0.15) is 0 Å². The summed E-state index contributed by atoms with van der Waals surface area (Å²) in [7, 11) is 0. The van der Waals surface area contributed by atoms with Gasteiger partial charge in [0.2, 0.25) is 5.60 Å². The molecule has 1 atom stereocenters. The molecule has 0 aromatic rings. The maximum atomic E-state index is 11.5. The molecule has 0 aliphatic carbocycles. The highest BCUT2D eigenvalue weighted by molar-refractivity contribution is 5.86. The van der Waals surface area contributed by atoms with Crippen molar-refractivity contribution in [1.29, 1.82) is 0 Å². The number of esters is 1. The van der Waals surface area contributed by atoms with Gasteiger partial charge in [0.25, 0.3) is 0 Å². The normalized spacial score (nSPS) is 13.1. The number of carbonyl (C=O) groups is 3. The van der Waals surface area contributed by atoms with E-state index in [0.717, 1.165) is 25.3 Å². The molecule has 126 valence electrons. The minimum Gasteiger partial charge on any atom is -0.481 e. The zero-order valence-electron chi connectivity index (χ0n) is 13.2. The van der Waals surface area contributed by atoms with Crippen LogP contribution in [0.4, 0.5) is 0 Å². The molecule has 0 aromatic carbocycles. The van der Waals surface area contributed by atoms with Crippen molar-refractivity contribution in [3.63, 3.8) is 0 Å². The van der Waals surface area contributed by atoms with Crippen molar-refractivity contribution in [1.82, 2.24) is 0 Å². The van der Waals surface area contributed by atoms with Crippen LogP contribution in [0.3, 0.4) is 0 Å². The Balaban J connectivity index is 4.34. The lowest BCUT2D eigenvalue weighted by Crippen LogP contribution is -2.43. The number of unbranched alkanes of at least 4 members (excludes halogenated alkanes) is 4. The summed E-state index contributed by atoms with van der Waals surface area (Å²) < 4.78 is 5.11. The fourth-order valence-electron chi connectivity index (χ4n) is 2.34. The van der Waals surface area contributed by atoms with Gasteiger partial charge in [-0.1, -0.05) is 39.2 Å². The van der Waals surface area contributed by atoms with E-state index in [1.54, 1.807) is 0 Å². The average molecular weight is 314 g/mol. The highest BCUT2D eigenvalue weighted by Crippen LogP contribution is 2.27. The Hall–Kier alpha value is -1.85. The molecule has 0 aliphatic rings. The third-order valence-electron chi connectivity index (χ3n) is 3.48. The van der Waals surface area contributed by atoms with E-state index in [9.17, 15) is 19.5 Å². The highest BCUT2D eigenvalue weighted by atomic mass is 16.6. The van der Waals surface area contributed by atoms with Crippen molar-refractivity contribution in [2.75, 3.05) is 0 Å². The third kappa shape index (κ3) is 7.81. The van der Waals surface area contributed by atoms with E-state index < -0.39 is 23.5 Å². The summed E-state index contributed by atoms with van der Waals surface area (Å²) in [6, 6.07) is 0. The van der Waals surface area contributed by atoms with Crippen LogP contribution in [0.5, 0.6) is 0 Å². The quantitative estimate of drug-likeness (QED) is 0.308. The molecule has 0 fully saturated rings. The maximum Gasteiger partial charge on any atom is 0.348 e. The van der Waals surface area contributed by atoms with E-state index >= 15 is 0 Å². The molecule has 0 bridgehead atoms. The number of carboxylic acid groups (broad SMARTS) is 2. The first kappa shape index (κ1) is 20.1. The Labute approximate surface area is 131 Å². The van der Waals surface area contributed by atoms with Crippen molar-refractivity contribution >= 4 is 17.9 Å². The summed E-state index contributed by atoms with van der Waals surface area (Å²) in [5.74, 6) is -2.66. The molecule has 6 heteroatoms. The standard InChI is InChI=1S/C16H26O6/c1-3-11-16(15(20)21,22-14(19)4-2)12-9-7-5-6-8-10-13(17)18/h4H,2-3,5-12H2,1H3,(H,17,18)(H,20,21). The summed E-state index contributed by atoms with van der Waals surface area (Å²) in [6.07, 6.45) is 5.90. The highest BCUT2D eigenvalue weighted by Gasteiger charge is 2.40. The molecule has 0 heterocycles. The van der Waals surface area contributed by atoms with Gasteiger partial charge in [0.05, 0.1) is 0 Å². The van der Waals surface area contributed by atoms with Crippen LogP contribution in [0.1, 0.15) is 64.7 Å². The van der Waals surface area contributed by atoms with Gasteiger partial charge in [-0.3, -0.25) is 4.79 Å². The Bertz CT molecular complexity index is 390. The van der Waals surface area contributed by atoms with Gasteiger partial charge >= 0.3 is 17.9 Å². The van der Waals surface area contributed by atoms with Crippen LogP contribution in [-0.2, 0) is 19.1 Å². The molecule has 0 aromatic heterocycles. The fourth-order valence-corrected chi connectivity index (χ4v) is 2.34. The molecule has 0 saturated carbocycles. The second kappa shape index (κ2) is 10.8. The first-order valence-electron chi connectivity index (χ1n) is 7.68. The summed E-state index contributed by atoms with van der Waals surface area (Å²) >= 11 is 0. The van der Waals surface area contributed by atoms with Crippen LogP contribution in [-0.4, -0.2) is 33.7 Å². The maximum absolute atomic E-state index is 11.5. The molecule has 0 amide bonds. The molecule has 6 nitrogen and oxygen atoms in total. The van der Waals surface area contributed by atoms with Gasteiger partial charge in [0, 0.05) is 12.5 Å². The van der Waals surface area contributed by atoms with Crippen LogP contribution in [0.2, 0.25) is 0 Å².